The van der Waals surface area contributed by atoms with Crippen LogP contribution in [0.15, 0.2) is 34.7 Å². The van der Waals surface area contributed by atoms with Gasteiger partial charge in [-0.1, -0.05) is 24.6 Å². The van der Waals surface area contributed by atoms with Gasteiger partial charge in [0.25, 0.3) is 0 Å². The lowest BCUT2D eigenvalue weighted by atomic mass is 9.85. The summed E-state index contributed by atoms with van der Waals surface area (Å²) in [7, 11) is -3.19. The Bertz CT molecular complexity index is 759. The summed E-state index contributed by atoms with van der Waals surface area (Å²) in [6.07, 6.45) is 7.78. The number of allylic oxidation sites excluding steroid dienone is 1. The summed E-state index contributed by atoms with van der Waals surface area (Å²) in [6, 6.07) is 8.29. The zero-order chi connectivity index (χ0) is 19.6. The molecular weight excluding hydrogens is 354 g/mol. The Labute approximate surface area is 165 Å². The number of hydrogen-bond acceptors (Lipinski definition) is 3. The van der Waals surface area contributed by atoms with E-state index in [1.807, 2.05) is 12.1 Å². The highest BCUT2D eigenvalue weighted by Crippen LogP contribution is 2.32. The molecule has 2 fully saturated rings. The standard InChI is InChI=1S/C23H35NO2S/c1-17(2)27(25,26)23-11-7-20(8-12-23)19(4)21-13-15-24(16-14-21)22-9-5-18(3)6-10-22/h7-8,11-12,17-18,22H,5-6,9-10,13-16H2,1-4H3. The minimum atomic E-state index is -3.19. The van der Waals surface area contributed by atoms with Gasteiger partial charge in [-0.15, -0.1) is 0 Å². The van der Waals surface area contributed by atoms with Crippen LogP contribution in [0.25, 0.3) is 5.57 Å². The Morgan fingerprint density at radius 1 is 1.00 bits per heavy atom. The van der Waals surface area contributed by atoms with E-state index in [1.54, 1.807) is 26.0 Å². The number of hydrogen-bond donors (Lipinski definition) is 0. The van der Waals surface area contributed by atoms with Crippen molar-refractivity contribution in [3.05, 3.63) is 35.4 Å². The number of piperidine rings is 1. The molecular formula is C23H35NO2S. The average Bonchev–Trinajstić information content (AvgIpc) is 2.68. The van der Waals surface area contributed by atoms with Crippen LogP contribution >= 0.6 is 0 Å². The maximum Gasteiger partial charge on any atom is 0.180 e. The summed E-state index contributed by atoms with van der Waals surface area (Å²) >= 11 is 0. The molecule has 3 nitrogen and oxygen atoms in total. The van der Waals surface area contributed by atoms with Crippen LogP contribution in [-0.2, 0) is 9.84 Å². The van der Waals surface area contributed by atoms with E-state index in [-0.39, 0.29) is 5.25 Å². The number of benzene rings is 1. The van der Waals surface area contributed by atoms with Gasteiger partial charge in [-0.2, -0.15) is 0 Å². The monoisotopic (exact) mass is 389 g/mol. The summed E-state index contributed by atoms with van der Waals surface area (Å²) in [5, 5.41) is -0.380. The van der Waals surface area contributed by atoms with Crippen molar-refractivity contribution in [3.63, 3.8) is 0 Å². The summed E-state index contributed by atoms with van der Waals surface area (Å²) in [5.74, 6) is 0.909. The summed E-state index contributed by atoms with van der Waals surface area (Å²) in [6.45, 7) is 10.4. The number of likely N-dealkylation sites (tertiary alicyclic amines) is 1. The molecule has 1 aliphatic carbocycles. The van der Waals surface area contributed by atoms with Gasteiger partial charge < -0.3 is 0 Å². The third kappa shape index (κ3) is 4.65. The van der Waals surface area contributed by atoms with Gasteiger partial charge in [-0.25, -0.2) is 8.42 Å². The van der Waals surface area contributed by atoms with Gasteiger partial charge in [0.2, 0.25) is 0 Å². The van der Waals surface area contributed by atoms with Crippen molar-refractivity contribution in [2.45, 2.75) is 82.4 Å². The molecule has 0 atom stereocenters. The van der Waals surface area contributed by atoms with E-state index in [0.29, 0.717) is 4.90 Å². The second kappa shape index (κ2) is 8.48. The minimum absolute atomic E-state index is 0.380. The molecule has 3 rings (SSSR count). The zero-order valence-corrected chi connectivity index (χ0v) is 18.2. The maximum absolute atomic E-state index is 12.3. The van der Waals surface area contributed by atoms with Gasteiger partial charge in [0.15, 0.2) is 9.84 Å². The average molecular weight is 390 g/mol. The molecule has 0 amide bonds. The molecule has 0 radical (unpaired) electrons. The van der Waals surface area contributed by atoms with E-state index < -0.39 is 9.84 Å². The Morgan fingerprint density at radius 3 is 2.07 bits per heavy atom. The quantitative estimate of drug-likeness (QED) is 0.700. The van der Waals surface area contributed by atoms with Crippen LogP contribution in [0.1, 0.15) is 71.8 Å². The molecule has 1 heterocycles. The third-order valence-electron chi connectivity index (χ3n) is 6.67. The summed E-state index contributed by atoms with van der Waals surface area (Å²) in [5.41, 5.74) is 4.03. The van der Waals surface area contributed by atoms with Gasteiger partial charge in [-0.3, -0.25) is 4.90 Å². The second-order valence-corrected chi connectivity index (χ2v) is 11.3. The van der Waals surface area contributed by atoms with Gasteiger partial charge >= 0.3 is 0 Å². The molecule has 0 spiro atoms. The van der Waals surface area contributed by atoms with Crippen molar-refractivity contribution in [3.8, 4) is 0 Å². The van der Waals surface area contributed by atoms with E-state index in [9.17, 15) is 8.42 Å². The van der Waals surface area contributed by atoms with Crippen molar-refractivity contribution in [1.82, 2.24) is 4.90 Å². The molecule has 0 aromatic heterocycles. The maximum atomic E-state index is 12.3. The minimum Gasteiger partial charge on any atom is -0.300 e. The number of nitrogens with zero attached hydrogens (tertiary/aromatic N) is 1. The summed E-state index contributed by atoms with van der Waals surface area (Å²) in [4.78, 5) is 3.14. The van der Waals surface area contributed by atoms with Crippen molar-refractivity contribution in [2.24, 2.45) is 5.92 Å². The Morgan fingerprint density at radius 2 is 1.56 bits per heavy atom. The Hall–Kier alpha value is -1.13. The molecule has 0 bridgehead atoms. The molecule has 1 aromatic carbocycles. The fourth-order valence-electron chi connectivity index (χ4n) is 4.51. The van der Waals surface area contributed by atoms with Crippen LogP contribution in [0.5, 0.6) is 0 Å². The SMILES string of the molecule is CC(=C1CCN(C2CCC(C)CC2)CC1)c1ccc(S(=O)(=O)C(C)C)cc1. The van der Waals surface area contributed by atoms with Crippen molar-refractivity contribution < 1.29 is 8.42 Å². The topological polar surface area (TPSA) is 37.4 Å². The zero-order valence-electron chi connectivity index (χ0n) is 17.4. The van der Waals surface area contributed by atoms with Crippen LogP contribution in [0.2, 0.25) is 0 Å². The van der Waals surface area contributed by atoms with Crippen LogP contribution in [0.3, 0.4) is 0 Å². The van der Waals surface area contributed by atoms with E-state index in [2.05, 4.69) is 18.7 Å². The van der Waals surface area contributed by atoms with Crippen molar-refractivity contribution >= 4 is 15.4 Å². The molecule has 0 unspecified atom stereocenters. The predicted molar refractivity (Wildman–Crippen MR) is 114 cm³/mol. The first-order valence-corrected chi connectivity index (χ1v) is 12.1. The molecule has 1 saturated carbocycles. The molecule has 2 aliphatic rings. The highest BCUT2D eigenvalue weighted by atomic mass is 32.2. The number of sulfone groups is 1. The third-order valence-corrected chi connectivity index (χ3v) is 8.84. The fourth-order valence-corrected chi connectivity index (χ4v) is 5.57. The Balaban J connectivity index is 1.65. The largest absolute Gasteiger partial charge is 0.300 e. The lowest BCUT2D eigenvalue weighted by Crippen LogP contribution is -2.41. The molecule has 4 heteroatoms. The van der Waals surface area contributed by atoms with E-state index in [1.165, 1.54) is 49.9 Å². The van der Waals surface area contributed by atoms with Gasteiger partial charge in [0, 0.05) is 19.1 Å². The lowest BCUT2D eigenvalue weighted by Gasteiger charge is -2.39. The van der Waals surface area contributed by atoms with Gasteiger partial charge in [0.1, 0.15) is 0 Å². The van der Waals surface area contributed by atoms with Crippen molar-refractivity contribution in [1.29, 1.82) is 0 Å². The smallest absolute Gasteiger partial charge is 0.180 e. The number of rotatable bonds is 4. The van der Waals surface area contributed by atoms with Gasteiger partial charge in [0.05, 0.1) is 10.1 Å². The van der Waals surface area contributed by atoms with Crippen LogP contribution in [0.4, 0.5) is 0 Å². The predicted octanol–water partition coefficient (Wildman–Crippen LogP) is 5.32. The highest BCUT2D eigenvalue weighted by molar-refractivity contribution is 7.92. The first-order valence-electron chi connectivity index (χ1n) is 10.6. The lowest BCUT2D eigenvalue weighted by molar-refractivity contribution is 0.131. The molecule has 1 saturated heterocycles. The molecule has 1 aliphatic heterocycles. The normalized spacial score (nSPS) is 25.0. The highest BCUT2D eigenvalue weighted by Gasteiger charge is 2.26. The van der Waals surface area contributed by atoms with Crippen LogP contribution in [-0.4, -0.2) is 37.7 Å². The fraction of sp³-hybridized carbons (Fsp3) is 0.652. The molecule has 1 aromatic rings. The Kier molecular flexibility index (Phi) is 6.47. The van der Waals surface area contributed by atoms with Crippen LogP contribution in [0, 0.1) is 5.92 Å². The van der Waals surface area contributed by atoms with E-state index in [0.717, 1.165) is 30.4 Å². The van der Waals surface area contributed by atoms with Gasteiger partial charge in [-0.05, 0) is 88.5 Å². The first kappa shape index (κ1) is 20.6. The van der Waals surface area contributed by atoms with E-state index in [4.69, 9.17) is 0 Å². The summed E-state index contributed by atoms with van der Waals surface area (Å²) < 4.78 is 24.6. The van der Waals surface area contributed by atoms with Crippen LogP contribution < -0.4 is 0 Å². The first-order chi connectivity index (χ1) is 12.8. The molecule has 27 heavy (non-hydrogen) atoms. The molecule has 0 N–H and O–H groups in total. The van der Waals surface area contributed by atoms with E-state index >= 15 is 0 Å². The van der Waals surface area contributed by atoms with Crippen molar-refractivity contribution in [2.75, 3.05) is 13.1 Å². The molecule has 150 valence electrons. The second-order valence-electron chi connectivity index (χ2n) is 8.80.